The Bertz CT molecular complexity index is 371. The van der Waals surface area contributed by atoms with Crippen molar-refractivity contribution in [3.05, 3.63) is 12.2 Å². The molecular formula is C15H26O4SSi. The van der Waals surface area contributed by atoms with Crippen LogP contribution in [0.3, 0.4) is 0 Å². The fourth-order valence-corrected chi connectivity index (χ4v) is 8.06. The minimum Gasteiger partial charge on any atom is -0.366 e. The van der Waals surface area contributed by atoms with Crippen LogP contribution in [0.25, 0.3) is 0 Å². The Hall–Kier alpha value is -0.143. The van der Waals surface area contributed by atoms with Crippen LogP contribution in [0, 0.1) is 17.8 Å². The first-order valence-corrected chi connectivity index (χ1v) is 11.3. The third-order valence-electron chi connectivity index (χ3n) is 4.05. The van der Waals surface area contributed by atoms with Gasteiger partial charge < -0.3 is 13.3 Å². The van der Waals surface area contributed by atoms with Crippen LogP contribution in [0.4, 0.5) is 0 Å². The Labute approximate surface area is 132 Å². The van der Waals surface area contributed by atoms with Crippen molar-refractivity contribution in [2.45, 2.75) is 33.6 Å². The molecule has 4 nitrogen and oxygen atoms in total. The van der Waals surface area contributed by atoms with Crippen LogP contribution in [-0.2, 0) is 18.1 Å². The monoisotopic (exact) mass is 330 g/mol. The van der Waals surface area contributed by atoms with E-state index in [0.29, 0.717) is 43.2 Å². The van der Waals surface area contributed by atoms with E-state index in [2.05, 4.69) is 12.2 Å². The number of allylic oxidation sites excluding steroid dienone is 2. The lowest BCUT2D eigenvalue weighted by Crippen LogP contribution is -2.44. The van der Waals surface area contributed by atoms with Crippen LogP contribution in [-0.4, -0.2) is 39.3 Å². The van der Waals surface area contributed by atoms with Gasteiger partial charge in [-0.25, -0.2) is 0 Å². The molecule has 0 aromatic carbocycles. The Morgan fingerprint density at radius 2 is 1.71 bits per heavy atom. The van der Waals surface area contributed by atoms with Gasteiger partial charge in [-0.05, 0) is 45.4 Å². The molecule has 0 spiro atoms. The van der Waals surface area contributed by atoms with Gasteiger partial charge in [0.25, 0.3) is 0 Å². The molecule has 0 aromatic heterocycles. The third-order valence-corrected chi connectivity index (χ3v) is 9.31. The van der Waals surface area contributed by atoms with Gasteiger partial charge in [-0.2, -0.15) is 0 Å². The first-order valence-electron chi connectivity index (χ1n) is 7.91. The van der Waals surface area contributed by atoms with Crippen molar-refractivity contribution in [1.29, 1.82) is 0 Å². The number of rotatable bonds is 10. The molecular weight excluding hydrogens is 304 g/mol. The van der Waals surface area contributed by atoms with Crippen LogP contribution < -0.4 is 0 Å². The molecule has 0 aromatic rings. The predicted octanol–water partition coefficient (Wildman–Crippen LogP) is 3.05. The number of hydrogen-bond donors (Lipinski definition) is 0. The van der Waals surface area contributed by atoms with Gasteiger partial charge >= 0.3 is 7.95 Å². The molecule has 1 fully saturated rings. The fourth-order valence-electron chi connectivity index (χ4n) is 3.20. The topological polar surface area (TPSA) is 44.8 Å². The molecule has 6 heteroatoms. The summed E-state index contributed by atoms with van der Waals surface area (Å²) < 4.78 is 17.3. The molecule has 2 aliphatic rings. The summed E-state index contributed by atoms with van der Waals surface area (Å²) in [5.74, 6) is 2.05. The second-order valence-corrected chi connectivity index (χ2v) is 10.3. The van der Waals surface area contributed by atoms with Crippen molar-refractivity contribution in [2.24, 2.45) is 17.8 Å². The summed E-state index contributed by atoms with van der Waals surface area (Å²) in [6.07, 6.45) is 6.67. The molecule has 1 saturated carbocycles. The van der Waals surface area contributed by atoms with E-state index in [1.165, 1.54) is 11.2 Å². The van der Waals surface area contributed by atoms with Crippen LogP contribution in [0.15, 0.2) is 12.2 Å². The quantitative estimate of drug-likeness (QED) is 0.455. The van der Waals surface area contributed by atoms with E-state index in [0.717, 1.165) is 12.8 Å². The van der Waals surface area contributed by atoms with Gasteiger partial charge in [-0.15, -0.1) is 0 Å². The van der Waals surface area contributed by atoms with E-state index in [4.69, 9.17) is 13.3 Å². The van der Waals surface area contributed by atoms with Crippen molar-refractivity contribution < 1.29 is 18.1 Å². The Morgan fingerprint density at radius 1 is 1.10 bits per heavy atom. The lowest BCUT2D eigenvalue weighted by molar-refractivity contribution is -0.121. The van der Waals surface area contributed by atoms with Gasteiger partial charge in [0.15, 0.2) is 0 Å². The summed E-state index contributed by atoms with van der Waals surface area (Å²) in [5, 5.41) is 0. The largest absolute Gasteiger partial charge is 0.573 e. The first-order chi connectivity index (χ1) is 10.1. The Morgan fingerprint density at radius 3 is 2.14 bits per heavy atom. The molecule has 3 unspecified atom stereocenters. The number of fused-ring (bicyclic) bond motifs is 2. The zero-order chi connectivity index (χ0) is 15.3. The maximum atomic E-state index is 12.5. The summed E-state index contributed by atoms with van der Waals surface area (Å²) in [6.45, 7) is 7.44. The maximum Gasteiger partial charge on any atom is 0.573 e. The minimum absolute atomic E-state index is 0.198. The molecule has 2 aliphatic carbocycles. The summed E-state index contributed by atoms with van der Waals surface area (Å²) in [5.41, 5.74) is 0. The molecule has 0 aliphatic heterocycles. The van der Waals surface area contributed by atoms with E-state index < -0.39 is 7.95 Å². The van der Waals surface area contributed by atoms with Gasteiger partial charge in [0.05, 0.1) is 5.75 Å². The van der Waals surface area contributed by atoms with Crippen LogP contribution in [0.2, 0.25) is 0 Å². The van der Waals surface area contributed by atoms with Crippen molar-refractivity contribution in [1.82, 2.24) is 0 Å². The number of ketones is 1. The second-order valence-electron chi connectivity index (χ2n) is 5.44. The summed E-state index contributed by atoms with van der Waals surface area (Å²) in [6, 6.07) is 0. The number of hydrogen-bond acceptors (Lipinski definition) is 5. The molecule has 2 rings (SSSR count). The molecule has 120 valence electrons. The summed E-state index contributed by atoms with van der Waals surface area (Å²) in [7, 11) is -2.75. The first kappa shape index (κ1) is 17.2. The molecule has 0 amide bonds. The number of carbonyl (C=O) groups is 1. The van der Waals surface area contributed by atoms with Crippen LogP contribution >= 0.6 is 11.2 Å². The molecule has 21 heavy (non-hydrogen) atoms. The van der Waals surface area contributed by atoms with Crippen molar-refractivity contribution in [2.75, 3.05) is 25.6 Å². The van der Waals surface area contributed by atoms with Crippen molar-refractivity contribution in [3.8, 4) is 0 Å². The lowest BCUT2D eigenvalue weighted by Gasteiger charge is -2.27. The zero-order valence-electron chi connectivity index (χ0n) is 13.2. The maximum absolute atomic E-state index is 12.5. The molecule has 0 radical (unpaired) electrons. The summed E-state index contributed by atoms with van der Waals surface area (Å²) in [4.78, 5) is 12.5. The predicted molar refractivity (Wildman–Crippen MR) is 86.9 cm³/mol. The fraction of sp³-hybridized carbons (Fsp3) is 0.800. The smallest absolute Gasteiger partial charge is 0.366 e. The van der Waals surface area contributed by atoms with Crippen LogP contribution in [0.5, 0.6) is 0 Å². The minimum atomic E-state index is -2.75. The lowest BCUT2D eigenvalue weighted by atomic mass is 9.90. The van der Waals surface area contributed by atoms with Gasteiger partial charge in [0.2, 0.25) is 0 Å². The highest BCUT2D eigenvalue weighted by atomic mass is 32.4. The number of Topliss-reactive ketones (excluding diaryl/α,β-unsaturated/α-hetero) is 1. The molecule has 0 heterocycles. The molecule has 3 atom stereocenters. The normalized spacial score (nSPS) is 27.5. The third kappa shape index (κ3) is 4.19. The Kier molecular flexibility index (Phi) is 6.49. The average Bonchev–Trinajstić information content (AvgIpc) is 3.08. The highest BCUT2D eigenvalue weighted by molar-refractivity contribution is 8.27. The van der Waals surface area contributed by atoms with E-state index >= 15 is 0 Å². The number of carbonyl (C=O) groups excluding carboxylic acids is 1. The van der Waals surface area contributed by atoms with Gasteiger partial charge in [-0.1, -0.05) is 23.4 Å². The highest BCUT2D eigenvalue weighted by Crippen LogP contribution is 2.44. The molecule has 0 saturated heterocycles. The molecule has 2 bridgehead atoms. The summed E-state index contributed by atoms with van der Waals surface area (Å²) >= 11 is 1.46. The zero-order valence-corrected chi connectivity index (χ0v) is 15.0. The molecule has 0 N–H and O–H groups in total. The average molecular weight is 331 g/mol. The van der Waals surface area contributed by atoms with Gasteiger partial charge in [0, 0.05) is 25.7 Å². The van der Waals surface area contributed by atoms with Crippen molar-refractivity contribution in [3.63, 3.8) is 0 Å². The Balaban J connectivity index is 1.91. The van der Waals surface area contributed by atoms with E-state index in [1.54, 1.807) is 0 Å². The second kappa shape index (κ2) is 7.92. The van der Waals surface area contributed by atoms with E-state index in [1.807, 2.05) is 20.8 Å². The SMILES string of the molecule is CCO[Si](OCC)(OCC)SCC(=O)C1CC2C=CC1C2. The van der Waals surface area contributed by atoms with Gasteiger partial charge in [-0.3, -0.25) is 4.79 Å². The van der Waals surface area contributed by atoms with Gasteiger partial charge in [0.1, 0.15) is 5.78 Å². The van der Waals surface area contributed by atoms with Crippen molar-refractivity contribution >= 4 is 24.9 Å². The van der Waals surface area contributed by atoms with E-state index in [9.17, 15) is 4.79 Å². The van der Waals surface area contributed by atoms with Crippen LogP contribution in [0.1, 0.15) is 33.6 Å². The highest BCUT2D eigenvalue weighted by Gasteiger charge is 2.45. The van der Waals surface area contributed by atoms with E-state index in [-0.39, 0.29) is 5.92 Å². The standard InChI is InChI=1S/C15H26O4SSi/c1-4-17-21(18-5-2,19-6-3)20-11-15(16)14-10-12-7-8-13(14)9-12/h7-8,12-14H,4-6,9-11H2,1-3H3.